The van der Waals surface area contributed by atoms with Crippen LogP contribution in [0, 0.1) is 18.3 Å². The summed E-state index contributed by atoms with van der Waals surface area (Å²) < 4.78 is 0. The third kappa shape index (κ3) is 3.58. The first-order valence-electron chi connectivity index (χ1n) is 6.11. The van der Waals surface area contributed by atoms with Crippen LogP contribution in [0.1, 0.15) is 50.0 Å². The number of nitrogens with two attached hydrogens (primary N) is 1. The van der Waals surface area contributed by atoms with Crippen molar-refractivity contribution in [2.24, 2.45) is 11.3 Å². The van der Waals surface area contributed by atoms with E-state index >= 15 is 0 Å². The van der Waals surface area contributed by atoms with E-state index in [-0.39, 0.29) is 11.2 Å². The Hall–Kier alpha value is -1.31. The van der Waals surface area contributed by atoms with Crippen LogP contribution >= 0.6 is 0 Å². The summed E-state index contributed by atoms with van der Waals surface area (Å²) in [6, 6.07) is 5.49. The van der Waals surface area contributed by atoms with Crippen LogP contribution in [-0.4, -0.2) is 5.78 Å². The zero-order valence-corrected chi connectivity index (χ0v) is 11.5. The lowest BCUT2D eigenvalue weighted by atomic mass is 9.78. The molecule has 1 unspecified atom stereocenters. The Balaban J connectivity index is 2.84. The minimum Gasteiger partial charge on any atom is -0.399 e. The van der Waals surface area contributed by atoms with Crippen molar-refractivity contribution in [1.29, 1.82) is 0 Å². The van der Waals surface area contributed by atoms with Crippen LogP contribution < -0.4 is 5.73 Å². The first kappa shape index (κ1) is 13.8. The molecule has 0 saturated heterocycles. The van der Waals surface area contributed by atoms with Gasteiger partial charge in [0, 0.05) is 17.7 Å². The zero-order chi connectivity index (χ0) is 13.2. The highest BCUT2D eigenvalue weighted by Gasteiger charge is 2.23. The van der Waals surface area contributed by atoms with Crippen molar-refractivity contribution in [3.05, 3.63) is 29.3 Å². The molecule has 0 radical (unpaired) electrons. The minimum atomic E-state index is 0.164. The van der Waals surface area contributed by atoms with E-state index in [2.05, 4.69) is 27.7 Å². The van der Waals surface area contributed by atoms with Crippen LogP contribution in [0.4, 0.5) is 5.69 Å². The van der Waals surface area contributed by atoms with Gasteiger partial charge < -0.3 is 5.73 Å². The van der Waals surface area contributed by atoms with Gasteiger partial charge in [-0.15, -0.1) is 0 Å². The summed E-state index contributed by atoms with van der Waals surface area (Å²) in [6.07, 6.45) is 0.592. The number of carbonyl (C=O) groups excluding carboxylic acids is 1. The number of carbonyl (C=O) groups is 1. The molecule has 0 spiro atoms. The molecule has 0 bridgehead atoms. The number of hydrogen-bond donors (Lipinski definition) is 1. The molecule has 2 heteroatoms. The summed E-state index contributed by atoms with van der Waals surface area (Å²) >= 11 is 0. The number of aryl methyl sites for hydroxylation is 1. The predicted molar refractivity (Wildman–Crippen MR) is 73.2 cm³/mol. The van der Waals surface area contributed by atoms with Gasteiger partial charge in [-0.2, -0.15) is 0 Å². The molecule has 1 aromatic carbocycles. The van der Waals surface area contributed by atoms with Gasteiger partial charge in [0.25, 0.3) is 0 Å². The molecule has 0 aliphatic heterocycles. The third-order valence-corrected chi connectivity index (χ3v) is 3.52. The lowest BCUT2D eigenvalue weighted by molar-refractivity contribution is 0.0926. The molecule has 0 aromatic heterocycles. The summed E-state index contributed by atoms with van der Waals surface area (Å²) in [6.45, 7) is 10.6. The molecular weight excluding hydrogens is 210 g/mol. The Morgan fingerprint density at radius 3 is 2.41 bits per heavy atom. The average molecular weight is 233 g/mol. The Kier molecular flexibility index (Phi) is 3.97. The molecule has 2 N–H and O–H groups in total. The topological polar surface area (TPSA) is 43.1 Å². The number of benzene rings is 1. The van der Waals surface area contributed by atoms with Crippen LogP contribution in [0.25, 0.3) is 0 Å². The van der Waals surface area contributed by atoms with E-state index in [1.54, 1.807) is 6.07 Å². The third-order valence-electron chi connectivity index (χ3n) is 3.52. The quantitative estimate of drug-likeness (QED) is 0.637. The van der Waals surface area contributed by atoms with Crippen molar-refractivity contribution < 1.29 is 4.79 Å². The highest BCUT2D eigenvalue weighted by atomic mass is 16.1. The van der Waals surface area contributed by atoms with Gasteiger partial charge in [-0.05, 0) is 42.0 Å². The van der Waals surface area contributed by atoms with Gasteiger partial charge in [-0.3, -0.25) is 4.79 Å². The minimum absolute atomic E-state index is 0.164. The maximum Gasteiger partial charge on any atom is 0.163 e. The number of Topliss-reactive ketones (excluding diaryl/α,β-unsaturated/α-hetero) is 1. The zero-order valence-electron chi connectivity index (χ0n) is 11.5. The molecule has 2 nitrogen and oxygen atoms in total. The molecule has 0 fully saturated rings. The predicted octanol–water partition coefficient (Wildman–Crippen LogP) is 3.83. The lowest BCUT2D eigenvalue weighted by Gasteiger charge is -2.26. The maximum absolute atomic E-state index is 12.2. The number of nitrogen functional groups attached to an aromatic ring is 1. The van der Waals surface area contributed by atoms with Crippen LogP contribution in [0.3, 0.4) is 0 Å². The molecule has 0 aliphatic carbocycles. The fraction of sp³-hybridized carbons (Fsp3) is 0.533. The lowest BCUT2D eigenvalue weighted by Crippen LogP contribution is -2.21. The summed E-state index contributed by atoms with van der Waals surface area (Å²) in [7, 11) is 0. The van der Waals surface area contributed by atoms with Crippen molar-refractivity contribution in [1.82, 2.24) is 0 Å². The number of hydrogen-bond acceptors (Lipinski definition) is 2. The SMILES string of the molecule is Cc1cc(N)ccc1C(=O)CC(C)C(C)(C)C. The standard InChI is InChI=1S/C15H23NO/c1-10-8-12(16)6-7-13(10)14(17)9-11(2)15(3,4)5/h6-8,11H,9,16H2,1-5H3. The molecule has 0 amide bonds. The van der Waals surface area contributed by atoms with Crippen molar-refractivity contribution in [3.8, 4) is 0 Å². The monoisotopic (exact) mass is 233 g/mol. The molecular formula is C15H23NO. The van der Waals surface area contributed by atoms with E-state index in [0.29, 0.717) is 18.0 Å². The van der Waals surface area contributed by atoms with Crippen molar-refractivity contribution in [2.45, 2.75) is 41.0 Å². The molecule has 94 valence electrons. The summed E-state index contributed by atoms with van der Waals surface area (Å²) in [4.78, 5) is 12.2. The van der Waals surface area contributed by atoms with Gasteiger partial charge >= 0.3 is 0 Å². The van der Waals surface area contributed by atoms with E-state index in [0.717, 1.165) is 11.1 Å². The van der Waals surface area contributed by atoms with Crippen molar-refractivity contribution in [2.75, 3.05) is 5.73 Å². The van der Waals surface area contributed by atoms with Gasteiger partial charge in [0.05, 0.1) is 0 Å². The number of anilines is 1. The van der Waals surface area contributed by atoms with E-state index < -0.39 is 0 Å². The van der Waals surface area contributed by atoms with Gasteiger partial charge in [-0.1, -0.05) is 27.7 Å². The van der Waals surface area contributed by atoms with Gasteiger partial charge in [-0.25, -0.2) is 0 Å². The van der Waals surface area contributed by atoms with Gasteiger partial charge in [0.1, 0.15) is 0 Å². The highest BCUT2D eigenvalue weighted by molar-refractivity contribution is 5.97. The second kappa shape index (κ2) is 4.91. The normalized spacial score (nSPS) is 13.5. The van der Waals surface area contributed by atoms with E-state index in [9.17, 15) is 4.79 Å². The number of rotatable bonds is 3. The summed E-state index contributed by atoms with van der Waals surface area (Å²) in [5.41, 5.74) is 8.33. The van der Waals surface area contributed by atoms with Crippen LogP contribution in [-0.2, 0) is 0 Å². The molecule has 0 heterocycles. The molecule has 0 aliphatic rings. The average Bonchev–Trinajstić information content (AvgIpc) is 2.15. The Labute approximate surface area is 104 Å². The molecule has 17 heavy (non-hydrogen) atoms. The van der Waals surface area contributed by atoms with Crippen molar-refractivity contribution in [3.63, 3.8) is 0 Å². The maximum atomic E-state index is 12.2. The first-order valence-corrected chi connectivity index (χ1v) is 6.11. The summed E-state index contributed by atoms with van der Waals surface area (Å²) in [5.74, 6) is 0.580. The largest absolute Gasteiger partial charge is 0.399 e. The number of ketones is 1. The smallest absolute Gasteiger partial charge is 0.163 e. The van der Waals surface area contributed by atoms with Crippen LogP contribution in [0.5, 0.6) is 0 Å². The second-order valence-corrected chi connectivity index (χ2v) is 5.97. The van der Waals surface area contributed by atoms with Gasteiger partial charge in [0.15, 0.2) is 5.78 Å². The molecule has 1 aromatic rings. The van der Waals surface area contributed by atoms with E-state index in [1.807, 2.05) is 19.1 Å². The first-order chi connectivity index (χ1) is 7.71. The molecule has 1 rings (SSSR count). The Morgan fingerprint density at radius 2 is 1.94 bits per heavy atom. The Bertz CT molecular complexity index is 415. The molecule has 1 atom stereocenters. The summed E-state index contributed by atoms with van der Waals surface area (Å²) in [5, 5.41) is 0. The van der Waals surface area contributed by atoms with Gasteiger partial charge in [0.2, 0.25) is 0 Å². The van der Waals surface area contributed by atoms with Crippen molar-refractivity contribution >= 4 is 11.5 Å². The van der Waals surface area contributed by atoms with E-state index in [1.165, 1.54) is 0 Å². The van der Waals surface area contributed by atoms with Crippen LogP contribution in [0.15, 0.2) is 18.2 Å². The fourth-order valence-electron chi connectivity index (χ4n) is 1.69. The van der Waals surface area contributed by atoms with Crippen LogP contribution in [0.2, 0.25) is 0 Å². The fourth-order valence-corrected chi connectivity index (χ4v) is 1.69. The highest BCUT2D eigenvalue weighted by Crippen LogP contribution is 2.29. The van der Waals surface area contributed by atoms with E-state index in [4.69, 9.17) is 5.73 Å². The second-order valence-electron chi connectivity index (χ2n) is 5.97. The Morgan fingerprint density at radius 1 is 1.35 bits per heavy atom. The molecule has 0 saturated carbocycles.